The van der Waals surface area contributed by atoms with E-state index in [1.54, 1.807) is 18.2 Å². The second-order valence-corrected chi connectivity index (χ2v) is 6.49. The van der Waals surface area contributed by atoms with Gasteiger partial charge in [0.15, 0.2) is 0 Å². The van der Waals surface area contributed by atoms with Crippen LogP contribution in [0.3, 0.4) is 0 Å². The first-order valence-electron chi connectivity index (χ1n) is 8.74. The molecule has 138 valence electrons. The van der Waals surface area contributed by atoms with E-state index in [1.807, 2.05) is 26.0 Å². The molecule has 5 heteroatoms. The average Bonchev–Trinajstić information content (AvgIpc) is 2.59. The van der Waals surface area contributed by atoms with E-state index in [9.17, 15) is 14.0 Å². The Kier molecular flexibility index (Phi) is 6.89. The number of esters is 1. The van der Waals surface area contributed by atoms with E-state index in [4.69, 9.17) is 10.5 Å². The molecule has 0 aliphatic rings. The first-order valence-corrected chi connectivity index (χ1v) is 8.74. The summed E-state index contributed by atoms with van der Waals surface area (Å²) in [6, 6.07) is 11.8. The Morgan fingerprint density at radius 2 is 1.85 bits per heavy atom. The predicted octanol–water partition coefficient (Wildman–Crippen LogP) is 3.79. The van der Waals surface area contributed by atoms with Gasteiger partial charge in [0.05, 0.1) is 5.92 Å². The summed E-state index contributed by atoms with van der Waals surface area (Å²) in [5.74, 6) is -0.745. The van der Waals surface area contributed by atoms with E-state index in [-0.39, 0.29) is 24.1 Å². The molecule has 2 N–H and O–H groups in total. The van der Waals surface area contributed by atoms with Crippen LogP contribution in [0.2, 0.25) is 0 Å². The lowest BCUT2D eigenvalue weighted by molar-refractivity contribution is -0.138. The molecule has 0 spiro atoms. The van der Waals surface area contributed by atoms with Crippen LogP contribution in [-0.2, 0) is 22.4 Å². The van der Waals surface area contributed by atoms with E-state index in [0.29, 0.717) is 25.0 Å². The number of carbonyl (C=O) groups excluding carboxylic acids is 2. The molecule has 2 rings (SSSR count). The summed E-state index contributed by atoms with van der Waals surface area (Å²) in [6.45, 7) is 3.73. The lowest BCUT2D eigenvalue weighted by Crippen LogP contribution is -2.17. The number of nitrogens with two attached hydrogens (primary N) is 1. The summed E-state index contributed by atoms with van der Waals surface area (Å²) < 4.78 is 18.9. The summed E-state index contributed by atoms with van der Waals surface area (Å²) in [5, 5.41) is 0. The van der Waals surface area contributed by atoms with Crippen LogP contribution in [0.5, 0.6) is 5.75 Å². The third-order valence-electron chi connectivity index (χ3n) is 4.22. The van der Waals surface area contributed by atoms with Crippen LogP contribution in [0.4, 0.5) is 4.39 Å². The van der Waals surface area contributed by atoms with Gasteiger partial charge in [0.1, 0.15) is 11.6 Å². The Hall–Kier alpha value is -2.69. The van der Waals surface area contributed by atoms with Gasteiger partial charge in [-0.25, -0.2) is 4.39 Å². The highest BCUT2D eigenvalue weighted by Gasteiger charge is 2.14. The van der Waals surface area contributed by atoms with Gasteiger partial charge in [-0.1, -0.05) is 32.0 Å². The second kappa shape index (κ2) is 9.13. The Morgan fingerprint density at radius 3 is 2.50 bits per heavy atom. The van der Waals surface area contributed by atoms with E-state index in [1.165, 1.54) is 12.1 Å². The number of rotatable bonds is 8. The Labute approximate surface area is 153 Å². The maximum atomic E-state index is 13.4. The topological polar surface area (TPSA) is 69.4 Å². The van der Waals surface area contributed by atoms with Crippen molar-refractivity contribution in [2.45, 2.75) is 39.5 Å². The highest BCUT2D eigenvalue weighted by Crippen LogP contribution is 2.22. The molecule has 0 fully saturated rings. The second-order valence-electron chi connectivity index (χ2n) is 6.49. The minimum Gasteiger partial charge on any atom is -0.426 e. The van der Waals surface area contributed by atoms with Crippen molar-refractivity contribution in [1.82, 2.24) is 0 Å². The number of carbonyl (C=O) groups is 2. The van der Waals surface area contributed by atoms with Crippen molar-refractivity contribution in [3.63, 3.8) is 0 Å². The van der Waals surface area contributed by atoms with Gasteiger partial charge in [-0.3, -0.25) is 9.59 Å². The fourth-order valence-electron chi connectivity index (χ4n) is 2.57. The van der Waals surface area contributed by atoms with E-state index in [0.717, 1.165) is 16.7 Å². The summed E-state index contributed by atoms with van der Waals surface area (Å²) in [4.78, 5) is 23.2. The van der Waals surface area contributed by atoms with Crippen molar-refractivity contribution in [3.05, 3.63) is 65.0 Å². The molecule has 1 atom stereocenters. The molecular formula is C21H24FNO3. The monoisotopic (exact) mass is 357 g/mol. The lowest BCUT2D eigenvalue weighted by Gasteiger charge is -2.12. The molecule has 4 nitrogen and oxygen atoms in total. The van der Waals surface area contributed by atoms with Crippen LogP contribution in [-0.4, -0.2) is 11.9 Å². The molecule has 0 aliphatic heterocycles. The summed E-state index contributed by atoms with van der Waals surface area (Å²) in [5.41, 5.74) is 7.78. The summed E-state index contributed by atoms with van der Waals surface area (Å²) in [7, 11) is 0. The standard InChI is InChI=1S/C21H24FNO3/c1-3-14(2)21(25)26-19-12-16(7-8-20(23)24)10-17(13-19)9-15-5-4-6-18(22)11-15/h4-6,10-14H,3,7-9H2,1-2H3,(H2,23,24). The van der Waals surface area contributed by atoms with Crippen LogP contribution in [0.15, 0.2) is 42.5 Å². The number of hydrogen-bond acceptors (Lipinski definition) is 3. The third-order valence-corrected chi connectivity index (χ3v) is 4.22. The van der Waals surface area contributed by atoms with Crippen LogP contribution < -0.4 is 10.5 Å². The van der Waals surface area contributed by atoms with Crippen molar-refractivity contribution >= 4 is 11.9 Å². The minimum atomic E-state index is -0.390. The first kappa shape index (κ1) is 19.6. The largest absolute Gasteiger partial charge is 0.426 e. The number of ether oxygens (including phenoxy) is 1. The minimum absolute atomic E-state index is 0.198. The lowest BCUT2D eigenvalue weighted by atomic mass is 10.00. The maximum Gasteiger partial charge on any atom is 0.314 e. The first-order chi connectivity index (χ1) is 12.4. The molecule has 1 amide bonds. The maximum absolute atomic E-state index is 13.4. The van der Waals surface area contributed by atoms with Crippen molar-refractivity contribution in [1.29, 1.82) is 0 Å². The quantitative estimate of drug-likeness (QED) is 0.577. The van der Waals surface area contributed by atoms with Crippen molar-refractivity contribution in [2.75, 3.05) is 0 Å². The fourth-order valence-corrected chi connectivity index (χ4v) is 2.57. The molecule has 2 aromatic rings. The highest BCUT2D eigenvalue weighted by atomic mass is 19.1. The number of hydrogen-bond donors (Lipinski definition) is 1. The van der Waals surface area contributed by atoms with Gasteiger partial charge >= 0.3 is 5.97 Å². The zero-order valence-corrected chi connectivity index (χ0v) is 15.1. The van der Waals surface area contributed by atoms with Gasteiger partial charge in [0.25, 0.3) is 0 Å². The summed E-state index contributed by atoms with van der Waals surface area (Å²) >= 11 is 0. The van der Waals surface area contributed by atoms with Crippen molar-refractivity contribution in [3.8, 4) is 5.75 Å². The number of primary amides is 1. The third kappa shape index (κ3) is 5.99. The molecular weight excluding hydrogens is 333 g/mol. The van der Waals surface area contributed by atoms with Gasteiger partial charge in [-0.15, -0.1) is 0 Å². The van der Waals surface area contributed by atoms with Gasteiger partial charge in [0.2, 0.25) is 5.91 Å². The van der Waals surface area contributed by atoms with Crippen LogP contribution >= 0.6 is 0 Å². The number of aryl methyl sites for hydroxylation is 1. The van der Waals surface area contributed by atoms with Gasteiger partial charge in [0, 0.05) is 6.42 Å². The molecule has 0 heterocycles. The molecule has 2 aromatic carbocycles. The molecule has 1 unspecified atom stereocenters. The molecule has 0 bridgehead atoms. The van der Waals surface area contributed by atoms with Gasteiger partial charge < -0.3 is 10.5 Å². The smallest absolute Gasteiger partial charge is 0.314 e. The van der Waals surface area contributed by atoms with Crippen LogP contribution in [0, 0.1) is 11.7 Å². The molecule has 0 saturated heterocycles. The van der Waals surface area contributed by atoms with E-state index >= 15 is 0 Å². The van der Waals surface area contributed by atoms with Crippen molar-refractivity contribution < 1.29 is 18.7 Å². The predicted molar refractivity (Wildman–Crippen MR) is 98.3 cm³/mol. The normalized spacial score (nSPS) is 11.8. The molecule has 26 heavy (non-hydrogen) atoms. The number of benzene rings is 2. The van der Waals surface area contributed by atoms with Gasteiger partial charge in [-0.05, 0) is 60.2 Å². The highest BCUT2D eigenvalue weighted by molar-refractivity contribution is 5.75. The van der Waals surface area contributed by atoms with Crippen molar-refractivity contribution in [2.24, 2.45) is 11.7 Å². The Morgan fingerprint density at radius 1 is 1.12 bits per heavy atom. The molecule has 0 radical (unpaired) electrons. The number of amides is 1. The Bertz CT molecular complexity index is 789. The fraction of sp³-hybridized carbons (Fsp3) is 0.333. The molecule has 0 aliphatic carbocycles. The van der Waals surface area contributed by atoms with E-state index in [2.05, 4.69) is 0 Å². The average molecular weight is 357 g/mol. The zero-order valence-electron chi connectivity index (χ0n) is 15.1. The van der Waals surface area contributed by atoms with Crippen LogP contribution in [0.1, 0.15) is 43.4 Å². The molecule has 0 aromatic heterocycles. The SMILES string of the molecule is CCC(C)C(=O)Oc1cc(CCC(N)=O)cc(Cc2cccc(F)c2)c1. The van der Waals surface area contributed by atoms with Gasteiger partial charge in [-0.2, -0.15) is 0 Å². The molecule has 0 saturated carbocycles. The van der Waals surface area contributed by atoms with E-state index < -0.39 is 5.91 Å². The van der Waals surface area contributed by atoms with Crippen LogP contribution in [0.25, 0.3) is 0 Å². The number of halogens is 1. The Balaban J connectivity index is 2.27. The summed E-state index contributed by atoms with van der Waals surface area (Å²) in [6.07, 6.45) is 1.86. The zero-order chi connectivity index (χ0) is 19.1.